The van der Waals surface area contributed by atoms with Gasteiger partial charge in [0.25, 0.3) is 0 Å². The fraction of sp³-hybridized carbons (Fsp3) is 0.600. The third kappa shape index (κ3) is 4.13. The fourth-order valence-corrected chi connectivity index (χ4v) is 5.04. The Bertz CT molecular complexity index is 698. The maximum absolute atomic E-state index is 13.0. The molecule has 1 atom stereocenters. The Morgan fingerprint density at radius 2 is 2.04 bits per heavy atom. The van der Waals surface area contributed by atoms with Crippen LogP contribution in [0.1, 0.15) is 25.7 Å². The summed E-state index contributed by atoms with van der Waals surface area (Å²) < 4.78 is 0. The zero-order valence-corrected chi connectivity index (χ0v) is 17.4. The Morgan fingerprint density at radius 3 is 2.70 bits per heavy atom. The van der Waals surface area contributed by atoms with Gasteiger partial charge in [-0.25, -0.2) is 0 Å². The van der Waals surface area contributed by atoms with Crippen LogP contribution in [0.5, 0.6) is 0 Å². The number of hydrogen-bond donors (Lipinski definition) is 1. The van der Waals surface area contributed by atoms with Crippen LogP contribution in [0.25, 0.3) is 0 Å². The predicted octanol–water partition coefficient (Wildman–Crippen LogP) is 2.79. The number of nitrogens with one attached hydrogen (secondary N) is 1. The van der Waals surface area contributed by atoms with Crippen LogP contribution in [0.3, 0.4) is 0 Å². The Kier molecular flexibility index (Phi) is 6.39. The minimum absolute atomic E-state index is 0. The third-order valence-electron chi connectivity index (χ3n) is 6.31. The second-order valence-electron chi connectivity index (χ2n) is 7.86. The van der Waals surface area contributed by atoms with Crippen LogP contribution in [0.2, 0.25) is 0 Å². The molecular weight excluding hydrogens is 382 g/mol. The van der Waals surface area contributed by atoms with Crippen LogP contribution in [0.4, 0.5) is 5.69 Å². The zero-order chi connectivity index (χ0) is 18.1. The van der Waals surface area contributed by atoms with Gasteiger partial charge in [0.1, 0.15) is 0 Å². The highest BCUT2D eigenvalue weighted by atomic mass is 35.5. The highest BCUT2D eigenvalue weighted by Crippen LogP contribution is 2.38. The van der Waals surface area contributed by atoms with E-state index in [9.17, 15) is 9.59 Å². The van der Waals surface area contributed by atoms with E-state index in [-0.39, 0.29) is 30.1 Å². The Hall–Kier alpha value is -1.24. The summed E-state index contributed by atoms with van der Waals surface area (Å²) in [5, 5.41) is 3.46. The standard InChI is InChI=1S/C20H27N3O2S.ClH/c1-26-17-4-2-3-16(12-17)23-13-15(11-18(23)24)19(25)22-9-6-20(7-10-22)5-8-21-14-20;/h2-4,12,15,21H,5-11,13-14H2,1H3;1H. The molecule has 0 radical (unpaired) electrons. The minimum Gasteiger partial charge on any atom is -0.342 e. The fourth-order valence-electron chi connectivity index (χ4n) is 4.58. The predicted molar refractivity (Wildman–Crippen MR) is 112 cm³/mol. The number of hydrogen-bond acceptors (Lipinski definition) is 4. The maximum atomic E-state index is 13.0. The summed E-state index contributed by atoms with van der Waals surface area (Å²) in [5.41, 5.74) is 1.32. The number of rotatable bonds is 3. The van der Waals surface area contributed by atoms with Gasteiger partial charge in [-0.2, -0.15) is 0 Å². The van der Waals surface area contributed by atoms with Gasteiger partial charge in [0.15, 0.2) is 0 Å². The van der Waals surface area contributed by atoms with Gasteiger partial charge in [-0.3, -0.25) is 9.59 Å². The largest absolute Gasteiger partial charge is 0.342 e. The lowest BCUT2D eigenvalue weighted by atomic mass is 9.77. The van der Waals surface area contributed by atoms with Crippen LogP contribution >= 0.6 is 24.2 Å². The van der Waals surface area contributed by atoms with Gasteiger partial charge >= 0.3 is 0 Å². The summed E-state index contributed by atoms with van der Waals surface area (Å²) in [6, 6.07) is 8.01. The second kappa shape index (κ2) is 8.41. The van der Waals surface area contributed by atoms with E-state index in [1.807, 2.05) is 35.4 Å². The van der Waals surface area contributed by atoms with E-state index in [4.69, 9.17) is 0 Å². The second-order valence-corrected chi connectivity index (χ2v) is 8.74. The average Bonchev–Trinajstić information content (AvgIpc) is 3.29. The van der Waals surface area contributed by atoms with Crippen molar-refractivity contribution in [2.75, 3.05) is 43.9 Å². The molecule has 7 heteroatoms. The molecule has 148 valence electrons. The van der Waals surface area contributed by atoms with Crippen LogP contribution in [-0.4, -0.2) is 55.7 Å². The van der Waals surface area contributed by atoms with Crippen molar-refractivity contribution in [3.63, 3.8) is 0 Å². The van der Waals surface area contributed by atoms with Crippen LogP contribution in [0.15, 0.2) is 29.2 Å². The van der Waals surface area contributed by atoms with E-state index in [0.29, 0.717) is 18.4 Å². The number of amides is 2. The van der Waals surface area contributed by atoms with Gasteiger partial charge in [0.2, 0.25) is 11.8 Å². The van der Waals surface area contributed by atoms with E-state index in [2.05, 4.69) is 5.32 Å². The lowest BCUT2D eigenvalue weighted by molar-refractivity contribution is -0.137. The smallest absolute Gasteiger partial charge is 0.228 e. The number of carbonyl (C=O) groups is 2. The molecule has 5 nitrogen and oxygen atoms in total. The molecule has 1 N–H and O–H groups in total. The van der Waals surface area contributed by atoms with E-state index < -0.39 is 0 Å². The average molecular weight is 410 g/mol. The summed E-state index contributed by atoms with van der Waals surface area (Å²) in [6.07, 6.45) is 5.78. The molecule has 1 aromatic carbocycles. The van der Waals surface area contributed by atoms with Crippen molar-refractivity contribution < 1.29 is 9.59 Å². The first kappa shape index (κ1) is 20.5. The molecule has 0 aromatic heterocycles. The molecule has 27 heavy (non-hydrogen) atoms. The quantitative estimate of drug-likeness (QED) is 0.780. The molecule has 3 aliphatic rings. The van der Waals surface area contributed by atoms with Crippen molar-refractivity contribution in [1.29, 1.82) is 0 Å². The molecule has 3 fully saturated rings. The van der Waals surface area contributed by atoms with E-state index in [0.717, 1.165) is 49.6 Å². The first-order valence-corrected chi connectivity index (χ1v) is 10.8. The molecule has 2 amide bonds. The molecule has 3 saturated heterocycles. The number of halogens is 1. The summed E-state index contributed by atoms with van der Waals surface area (Å²) in [5.74, 6) is 0.0361. The van der Waals surface area contributed by atoms with Crippen LogP contribution in [-0.2, 0) is 9.59 Å². The molecule has 1 unspecified atom stereocenters. The van der Waals surface area contributed by atoms with Crippen molar-refractivity contribution in [2.24, 2.45) is 11.3 Å². The molecule has 0 aliphatic carbocycles. The highest BCUT2D eigenvalue weighted by Gasteiger charge is 2.42. The number of nitrogens with zero attached hydrogens (tertiary/aromatic N) is 2. The normalized spacial score (nSPS) is 24.3. The number of likely N-dealkylation sites (tertiary alicyclic amines) is 1. The van der Waals surface area contributed by atoms with Gasteiger partial charge in [-0.1, -0.05) is 6.07 Å². The Balaban J connectivity index is 0.00000210. The lowest BCUT2D eigenvalue weighted by Gasteiger charge is -2.39. The van der Waals surface area contributed by atoms with E-state index in [1.165, 1.54) is 6.42 Å². The van der Waals surface area contributed by atoms with Crippen molar-refractivity contribution in [1.82, 2.24) is 10.2 Å². The molecular formula is C20H28ClN3O2S. The monoisotopic (exact) mass is 409 g/mol. The van der Waals surface area contributed by atoms with Gasteiger partial charge in [-0.05, 0) is 55.7 Å². The summed E-state index contributed by atoms with van der Waals surface area (Å²) in [7, 11) is 0. The molecule has 3 aliphatic heterocycles. The molecule has 0 saturated carbocycles. The van der Waals surface area contributed by atoms with Gasteiger partial charge < -0.3 is 15.1 Å². The molecule has 4 rings (SSSR count). The van der Waals surface area contributed by atoms with Gasteiger partial charge in [0, 0.05) is 43.2 Å². The summed E-state index contributed by atoms with van der Waals surface area (Å²) in [4.78, 5) is 30.4. The third-order valence-corrected chi connectivity index (χ3v) is 7.03. The maximum Gasteiger partial charge on any atom is 0.228 e. The zero-order valence-electron chi connectivity index (χ0n) is 15.8. The SMILES string of the molecule is CSc1cccc(N2CC(C(=O)N3CCC4(CCNC4)CC3)CC2=O)c1.Cl. The molecule has 3 heterocycles. The number of anilines is 1. The van der Waals surface area contributed by atoms with Crippen LogP contribution < -0.4 is 10.2 Å². The summed E-state index contributed by atoms with van der Waals surface area (Å²) >= 11 is 1.66. The number of piperidine rings is 1. The van der Waals surface area contributed by atoms with Crippen molar-refractivity contribution in [3.8, 4) is 0 Å². The number of carbonyl (C=O) groups excluding carboxylic acids is 2. The topological polar surface area (TPSA) is 52.7 Å². The van der Waals surface area contributed by atoms with Crippen molar-refractivity contribution >= 4 is 41.7 Å². The minimum atomic E-state index is -0.198. The molecule has 1 spiro atoms. The first-order chi connectivity index (χ1) is 12.6. The molecule has 0 bridgehead atoms. The van der Waals surface area contributed by atoms with Crippen molar-refractivity contribution in [3.05, 3.63) is 24.3 Å². The lowest BCUT2D eigenvalue weighted by Crippen LogP contribution is -2.46. The highest BCUT2D eigenvalue weighted by molar-refractivity contribution is 7.98. The first-order valence-electron chi connectivity index (χ1n) is 9.54. The number of thioether (sulfide) groups is 1. The van der Waals surface area contributed by atoms with E-state index >= 15 is 0 Å². The van der Waals surface area contributed by atoms with E-state index in [1.54, 1.807) is 16.7 Å². The van der Waals surface area contributed by atoms with Gasteiger partial charge in [-0.15, -0.1) is 24.2 Å². The summed E-state index contributed by atoms with van der Waals surface area (Å²) in [6.45, 7) is 4.39. The van der Waals surface area contributed by atoms with Crippen LogP contribution in [0, 0.1) is 11.3 Å². The van der Waals surface area contributed by atoms with Gasteiger partial charge in [0.05, 0.1) is 5.92 Å². The Labute approximate surface area is 171 Å². The molecule has 1 aromatic rings. The van der Waals surface area contributed by atoms with Crippen molar-refractivity contribution in [2.45, 2.75) is 30.6 Å². The number of benzene rings is 1. The Morgan fingerprint density at radius 1 is 1.26 bits per heavy atom.